The van der Waals surface area contributed by atoms with Crippen LogP contribution in [0, 0.1) is 0 Å². The van der Waals surface area contributed by atoms with Gasteiger partial charge < -0.3 is 9.52 Å². The summed E-state index contributed by atoms with van der Waals surface area (Å²) in [5.74, 6) is -0.356. The third-order valence-corrected chi connectivity index (χ3v) is 3.54. The van der Waals surface area contributed by atoms with E-state index in [9.17, 15) is 4.79 Å². The van der Waals surface area contributed by atoms with Gasteiger partial charge in [0.05, 0.1) is 5.69 Å². The lowest BCUT2D eigenvalue weighted by Gasteiger charge is -1.89. The fourth-order valence-corrected chi connectivity index (χ4v) is 2.55. The molecule has 0 saturated heterocycles. The molecule has 2 heterocycles. The maximum Gasteiger partial charge on any atom is 0.347 e. The van der Waals surface area contributed by atoms with Gasteiger partial charge in [-0.1, -0.05) is 6.92 Å². The smallest absolute Gasteiger partial charge is 0.347 e. The van der Waals surface area contributed by atoms with Gasteiger partial charge in [0, 0.05) is 0 Å². The van der Waals surface area contributed by atoms with Crippen LogP contribution in [0.5, 0.6) is 0 Å². The summed E-state index contributed by atoms with van der Waals surface area (Å²) in [6, 6.07) is 3.51. The summed E-state index contributed by atoms with van der Waals surface area (Å²) in [6.45, 7) is 1.88. The Bertz CT molecular complexity index is 532. The van der Waals surface area contributed by atoms with Crippen LogP contribution in [0.4, 0.5) is 0 Å². The summed E-state index contributed by atoms with van der Waals surface area (Å²) in [6.07, 6.45) is 0.597. The fraction of sp³-hybridized carbons (Fsp3) is 0.200. The minimum absolute atomic E-state index is 0.282. The van der Waals surface area contributed by atoms with Crippen molar-refractivity contribution in [2.75, 3.05) is 0 Å². The van der Waals surface area contributed by atoms with Crippen molar-refractivity contribution in [3.05, 3.63) is 27.4 Å². The average Bonchev–Trinajstić information content (AvgIpc) is 2.82. The minimum atomic E-state index is -0.939. The van der Waals surface area contributed by atoms with E-state index in [-0.39, 0.29) is 4.88 Å². The highest BCUT2D eigenvalue weighted by molar-refractivity contribution is 9.10. The lowest BCUT2D eigenvalue weighted by atomic mass is 10.3. The molecule has 84 valence electrons. The van der Waals surface area contributed by atoms with Crippen LogP contribution in [0.1, 0.15) is 22.3 Å². The van der Waals surface area contributed by atoms with Crippen LogP contribution in [-0.2, 0) is 6.42 Å². The van der Waals surface area contributed by atoms with Crippen LogP contribution < -0.4 is 0 Å². The van der Waals surface area contributed by atoms with Crippen molar-refractivity contribution in [1.29, 1.82) is 0 Å². The fourth-order valence-electron chi connectivity index (χ4n) is 1.29. The number of nitrogens with zero attached hydrogens (tertiary/aromatic N) is 1. The number of furan rings is 1. The van der Waals surface area contributed by atoms with Gasteiger partial charge in [0.2, 0.25) is 0 Å². The van der Waals surface area contributed by atoms with E-state index < -0.39 is 5.97 Å². The van der Waals surface area contributed by atoms with Crippen molar-refractivity contribution in [1.82, 2.24) is 4.98 Å². The number of aryl methyl sites for hydroxylation is 1. The summed E-state index contributed by atoms with van der Waals surface area (Å²) in [5.41, 5.74) is 0.597. The molecule has 0 amide bonds. The van der Waals surface area contributed by atoms with E-state index in [0.717, 1.165) is 11.3 Å². The van der Waals surface area contributed by atoms with Crippen LogP contribution in [0.25, 0.3) is 10.8 Å². The standard InChI is InChI=1S/C10H8BrNO3S/c1-2-5-8(10(13)14)16-9(12-5)6-3-4-7(11)15-6/h3-4H,2H2,1H3,(H,13,14). The zero-order chi connectivity index (χ0) is 11.7. The largest absolute Gasteiger partial charge is 0.477 e. The number of carbonyl (C=O) groups is 1. The van der Waals surface area contributed by atoms with Crippen LogP contribution in [0.3, 0.4) is 0 Å². The Hall–Kier alpha value is -1.14. The molecule has 0 aliphatic heterocycles. The average molecular weight is 302 g/mol. The maximum atomic E-state index is 11.0. The van der Waals surface area contributed by atoms with Gasteiger partial charge in [-0.15, -0.1) is 11.3 Å². The first-order valence-corrected chi connectivity index (χ1v) is 6.21. The van der Waals surface area contributed by atoms with Gasteiger partial charge in [-0.3, -0.25) is 0 Å². The Morgan fingerprint density at radius 3 is 2.81 bits per heavy atom. The van der Waals surface area contributed by atoms with Crippen LogP contribution in [-0.4, -0.2) is 16.1 Å². The molecule has 0 spiro atoms. The summed E-state index contributed by atoms with van der Waals surface area (Å²) >= 11 is 4.33. The van der Waals surface area contributed by atoms with Crippen molar-refractivity contribution in [2.24, 2.45) is 0 Å². The topological polar surface area (TPSA) is 63.3 Å². The third-order valence-electron chi connectivity index (χ3n) is 2.01. The van der Waals surface area contributed by atoms with Gasteiger partial charge in [0.1, 0.15) is 4.88 Å². The Morgan fingerprint density at radius 2 is 2.38 bits per heavy atom. The van der Waals surface area contributed by atoms with E-state index in [2.05, 4.69) is 20.9 Å². The first-order chi connectivity index (χ1) is 7.61. The normalized spacial score (nSPS) is 10.6. The van der Waals surface area contributed by atoms with E-state index in [0.29, 0.717) is 27.6 Å². The number of carboxylic acids is 1. The van der Waals surface area contributed by atoms with Crippen molar-refractivity contribution >= 4 is 33.2 Å². The molecule has 0 aliphatic carbocycles. The molecule has 0 fully saturated rings. The van der Waals surface area contributed by atoms with Crippen LogP contribution in [0.15, 0.2) is 21.2 Å². The number of halogens is 1. The molecule has 0 aliphatic rings. The number of thiazole rings is 1. The van der Waals surface area contributed by atoms with E-state index in [1.54, 1.807) is 12.1 Å². The lowest BCUT2D eigenvalue weighted by Crippen LogP contribution is -1.97. The number of aromatic nitrogens is 1. The molecule has 16 heavy (non-hydrogen) atoms. The Labute approximate surface area is 104 Å². The zero-order valence-corrected chi connectivity index (χ0v) is 10.8. The first-order valence-electron chi connectivity index (χ1n) is 4.60. The van der Waals surface area contributed by atoms with Crippen LogP contribution >= 0.6 is 27.3 Å². The van der Waals surface area contributed by atoms with Crippen molar-refractivity contribution < 1.29 is 14.3 Å². The minimum Gasteiger partial charge on any atom is -0.477 e. The van der Waals surface area contributed by atoms with Gasteiger partial charge in [-0.25, -0.2) is 9.78 Å². The number of hydrogen-bond acceptors (Lipinski definition) is 4. The molecule has 0 saturated carbocycles. The first kappa shape index (κ1) is 11.3. The molecule has 0 aromatic carbocycles. The molecule has 0 unspecified atom stereocenters. The van der Waals surface area contributed by atoms with Gasteiger partial charge in [0.15, 0.2) is 15.4 Å². The maximum absolute atomic E-state index is 11.0. The molecule has 0 radical (unpaired) electrons. The molecule has 0 atom stereocenters. The third kappa shape index (κ3) is 2.03. The highest BCUT2D eigenvalue weighted by Crippen LogP contribution is 2.31. The molecular formula is C10H8BrNO3S. The predicted octanol–water partition coefficient (Wildman–Crippen LogP) is 3.43. The number of hydrogen-bond donors (Lipinski definition) is 1. The second kappa shape index (κ2) is 4.39. The summed E-state index contributed by atoms with van der Waals surface area (Å²) in [4.78, 5) is 15.5. The van der Waals surface area contributed by atoms with Gasteiger partial charge in [-0.05, 0) is 34.5 Å². The van der Waals surface area contributed by atoms with Crippen molar-refractivity contribution in [3.8, 4) is 10.8 Å². The number of aromatic carboxylic acids is 1. The molecule has 2 aromatic rings. The number of rotatable bonds is 3. The monoisotopic (exact) mass is 301 g/mol. The van der Waals surface area contributed by atoms with E-state index >= 15 is 0 Å². The molecule has 6 heteroatoms. The van der Waals surface area contributed by atoms with Crippen molar-refractivity contribution in [2.45, 2.75) is 13.3 Å². The lowest BCUT2D eigenvalue weighted by molar-refractivity contribution is 0.0701. The molecule has 4 nitrogen and oxygen atoms in total. The van der Waals surface area contributed by atoms with E-state index in [1.165, 1.54) is 0 Å². The van der Waals surface area contributed by atoms with E-state index in [1.807, 2.05) is 6.92 Å². The van der Waals surface area contributed by atoms with Crippen LogP contribution in [0.2, 0.25) is 0 Å². The highest BCUT2D eigenvalue weighted by atomic mass is 79.9. The highest BCUT2D eigenvalue weighted by Gasteiger charge is 2.18. The second-order valence-electron chi connectivity index (χ2n) is 3.06. The van der Waals surface area contributed by atoms with Gasteiger partial charge in [0.25, 0.3) is 0 Å². The Kier molecular flexibility index (Phi) is 3.11. The SMILES string of the molecule is CCc1nc(-c2ccc(Br)o2)sc1C(=O)O. The molecule has 2 aromatic heterocycles. The predicted molar refractivity (Wildman–Crippen MR) is 63.9 cm³/mol. The Morgan fingerprint density at radius 1 is 1.62 bits per heavy atom. The Balaban J connectivity index is 2.47. The summed E-state index contributed by atoms with van der Waals surface area (Å²) in [5, 5.41) is 9.59. The van der Waals surface area contributed by atoms with Crippen molar-refractivity contribution in [3.63, 3.8) is 0 Å². The molecule has 0 bridgehead atoms. The molecular weight excluding hydrogens is 294 g/mol. The number of carboxylic acid groups (broad SMARTS) is 1. The van der Waals surface area contributed by atoms with Gasteiger partial charge >= 0.3 is 5.97 Å². The quantitative estimate of drug-likeness (QED) is 0.943. The summed E-state index contributed by atoms with van der Waals surface area (Å²) in [7, 11) is 0. The van der Waals surface area contributed by atoms with E-state index in [4.69, 9.17) is 9.52 Å². The van der Waals surface area contributed by atoms with Gasteiger partial charge in [-0.2, -0.15) is 0 Å². The zero-order valence-electron chi connectivity index (χ0n) is 8.36. The summed E-state index contributed by atoms with van der Waals surface area (Å²) < 4.78 is 5.94. The second-order valence-corrected chi connectivity index (χ2v) is 4.84. The molecule has 2 rings (SSSR count). The molecule has 1 N–H and O–H groups in total.